The Labute approximate surface area is 137 Å². The first kappa shape index (κ1) is 17.3. The molecule has 2 atom stereocenters. The van der Waals surface area contributed by atoms with Crippen molar-refractivity contribution in [3.8, 4) is 0 Å². The average molecular weight is 324 g/mol. The van der Waals surface area contributed by atoms with Crippen LogP contribution in [-0.2, 0) is 11.2 Å². The molecule has 1 aliphatic rings. The number of hydrogen-bond donors (Lipinski definition) is 1. The second kappa shape index (κ2) is 7.47. The third-order valence-corrected chi connectivity index (χ3v) is 5.14. The van der Waals surface area contributed by atoms with Crippen LogP contribution in [0.15, 0.2) is 17.5 Å². The molecule has 22 heavy (non-hydrogen) atoms. The van der Waals surface area contributed by atoms with Crippen LogP contribution in [0.3, 0.4) is 0 Å². The second-order valence-corrected chi connectivity index (χ2v) is 8.18. The molecule has 2 amide bonds. The number of carbonyl (C=O) groups is 1. The van der Waals surface area contributed by atoms with Gasteiger partial charge >= 0.3 is 6.03 Å². The largest absolute Gasteiger partial charge is 0.377 e. The van der Waals surface area contributed by atoms with Gasteiger partial charge in [-0.25, -0.2) is 4.79 Å². The fourth-order valence-electron chi connectivity index (χ4n) is 2.99. The maximum atomic E-state index is 12.2. The van der Waals surface area contributed by atoms with Gasteiger partial charge in [-0.15, -0.1) is 11.3 Å². The Morgan fingerprint density at radius 1 is 1.50 bits per heavy atom. The van der Waals surface area contributed by atoms with Gasteiger partial charge in [0.25, 0.3) is 0 Å². The highest BCUT2D eigenvalue weighted by Crippen LogP contribution is 2.34. The van der Waals surface area contributed by atoms with Gasteiger partial charge in [-0.1, -0.05) is 26.8 Å². The van der Waals surface area contributed by atoms with E-state index in [0.29, 0.717) is 12.5 Å². The van der Waals surface area contributed by atoms with Crippen molar-refractivity contribution >= 4 is 17.4 Å². The highest BCUT2D eigenvalue weighted by Gasteiger charge is 2.37. The molecule has 1 aliphatic heterocycles. The summed E-state index contributed by atoms with van der Waals surface area (Å²) in [5.74, 6) is 0.412. The van der Waals surface area contributed by atoms with Crippen LogP contribution in [0.25, 0.3) is 0 Å². The SMILES string of the molecule is CN(CCc1cccs1)C(=O)NC[C@@H]1CCO[C@@H]1C(C)(C)C. The summed E-state index contributed by atoms with van der Waals surface area (Å²) < 4.78 is 5.86. The van der Waals surface area contributed by atoms with Crippen molar-refractivity contribution in [2.45, 2.75) is 39.7 Å². The summed E-state index contributed by atoms with van der Waals surface area (Å²) in [5.41, 5.74) is 0.122. The Morgan fingerprint density at radius 3 is 2.91 bits per heavy atom. The molecular weight excluding hydrogens is 296 g/mol. The minimum absolute atomic E-state index is 0.0103. The highest BCUT2D eigenvalue weighted by atomic mass is 32.1. The average Bonchev–Trinajstić information content (AvgIpc) is 3.12. The van der Waals surface area contributed by atoms with Gasteiger partial charge in [0, 0.05) is 37.5 Å². The van der Waals surface area contributed by atoms with Crippen LogP contribution >= 0.6 is 11.3 Å². The van der Waals surface area contributed by atoms with Crippen LogP contribution in [0.5, 0.6) is 0 Å². The van der Waals surface area contributed by atoms with Crippen LogP contribution in [0.4, 0.5) is 4.79 Å². The van der Waals surface area contributed by atoms with E-state index in [4.69, 9.17) is 4.74 Å². The lowest BCUT2D eigenvalue weighted by Gasteiger charge is -2.31. The van der Waals surface area contributed by atoms with E-state index in [1.807, 2.05) is 13.1 Å². The number of hydrogen-bond acceptors (Lipinski definition) is 3. The summed E-state index contributed by atoms with van der Waals surface area (Å²) in [7, 11) is 1.86. The molecule has 5 heteroatoms. The van der Waals surface area contributed by atoms with Crippen molar-refractivity contribution in [1.29, 1.82) is 0 Å². The lowest BCUT2D eigenvalue weighted by molar-refractivity contribution is 0.00759. The second-order valence-electron chi connectivity index (χ2n) is 7.14. The lowest BCUT2D eigenvalue weighted by Crippen LogP contribution is -2.43. The molecule has 0 unspecified atom stereocenters. The smallest absolute Gasteiger partial charge is 0.317 e. The van der Waals surface area contributed by atoms with Gasteiger partial charge < -0.3 is 15.0 Å². The summed E-state index contributed by atoms with van der Waals surface area (Å²) in [6.07, 6.45) is 2.17. The number of carbonyl (C=O) groups excluding carboxylic acids is 1. The van der Waals surface area contributed by atoms with E-state index in [1.165, 1.54) is 4.88 Å². The van der Waals surface area contributed by atoms with E-state index in [9.17, 15) is 4.79 Å². The molecule has 0 spiro atoms. The first-order valence-electron chi connectivity index (χ1n) is 8.01. The van der Waals surface area contributed by atoms with Crippen molar-refractivity contribution in [3.05, 3.63) is 22.4 Å². The van der Waals surface area contributed by atoms with Crippen molar-refractivity contribution < 1.29 is 9.53 Å². The predicted molar refractivity (Wildman–Crippen MR) is 91.4 cm³/mol. The lowest BCUT2D eigenvalue weighted by atomic mass is 9.81. The number of likely N-dealkylation sites (N-methyl/N-ethyl adjacent to an activating group) is 1. The normalized spacial score (nSPS) is 21.8. The summed E-state index contributed by atoms with van der Waals surface area (Å²) >= 11 is 1.74. The highest BCUT2D eigenvalue weighted by molar-refractivity contribution is 7.09. The van der Waals surface area contributed by atoms with Gasteiger partial charge in [0.2, 0.25) is 0 Å². The Bertz CT molecular complexity index is 468. The fourth-order valence-corrected chi connectivity index (χ4v) is 3.69. The first-order chi connectivity index (χ1) is 10.4. The van der Waals surface area contributed by atoms with Crippen molar-refractivity contribution in [3.63, 3.8) is 0 Å². The number of nitrogens with zero attached hydrogens (tertiary/aromatic N) is 1. The van der Waals surface area contributed by atoms with Gasteiger partial charge in [0.15, 0.2) is 0 Å². The molecule has 0 aliphatic carbocycles. The number of rotatable bonds is 5. The summed E-state index contributed by atoms with van der Waals surface area (Å²) in [6, 6.07) is 4.17. The number of nitrogens with one attached hydrogen (secondary N) is 1. The van der Waals surface area contributed by atoms with E-state index in [0.717, 1.165) is 26.0 Å². The molecular formula is C17H28N2O2S. The van der Waals surface area contributed by atoms with E-state index in [-0.39, 0.29) is 17.6 Å². The van der Waals surface area contributed by atoms with Gasteiger partial charge in [-0.3, -0.25) is 0 Å². The quantitative estimate of drug-likeness (QED) is 0.902. The van der Waals surface area contributed by atoms with Gasteiger partial charge in [0.1, 0.15) is 0 Å². The summed E-state index contributed by atoms with van der Waals surface area (Å²) in [6.45, 7) is 8.85. The fraction of sp³-hybridized carbons (Fsp3) is 0.706. The molecule has 1 aromatic rings. The third-order valence-electron chi connectivity index (χ3n) is 4.20. The first-order valence-corrected chi connectivity index (χ1v) is 8.89. The van der Waals surface area contributed by atoms with E-state index in [1.54, 1.807) is 16.2 Å². The minimum atomic E-state index is 0.0103. The zero-order valence-electron chi connectivity index (χ0n) is 14.1. The molecule has 1 N–H and O–H groups in total. The van der Waals surface area contributed by atoms with E-state index in [2.05, 4.69) is 37.5 Å². The Kier molecular flexibility index (Phi) is 5.87. The van der Waals surface area contributed by atoms with Gasteiger partial charge in [0.05, 0.1) is 6.10 Å². The molecule has 0 saturated carbocycles. The molecule has 124 valence electrons. The van der Waals surface area contributed by atoms with Gasteiger partial charge in [-0.05, 0) is 29.7 Å². The molecule has 1 saturated heterocycles. The standard InChI is InChI=1S/C17H28N2O2S/c1-17(2,3)15-13(8-10-21-15)12-18-16(20)19(4)9-7-14-6-5-11-22-14/h5-6,11,13,15H,7-10,12H2,1-4H3,(H,18,20)/t13-,15-/m0/s1. The molecule has 0 aromatic carbocycles. The molecule has 2 rings (SSSR count). The van der Waals surface area contributed by atoms with Crippen LogP contribution < -0.4 is 5.32 Å². The molecule has 4 nitrogen and oxygen atoms in total. The summed E-state index contributed by atoms with van der Waals surface area (Å²) in [4.78, 5) is 15.3. The zero-order valence-corrected chi connectivity index (χ0v) is 14.9. The van der Waals surface area contributed by atoms with Crippen LogP contribution in [0, 0.1) is 11.3 Å². The topological polar surface area (TPSA) is 41.6 Å². The monoisotopic (exact) mass is 324 g/mol. The Morgan fingerprint density at radius 2 is 2.27 bits per heavy atom. The number of urea groups is 1. The van der Waals surface area contributed by atoms with E-state index >= 15 is 0 Å². The maximum absolute atomic E-state index is 12.2. The third kappa shape index (κ3) is 4.71. The number of amides is 2. The van der Waals surface area contributed by atoms with Crippen molar-refractivity contribution in [1.82, 2.24) is 10.2 Å². The van der Waals surface area contributed by atoms with Crippen LogP contribution in [-0.4, -0.2) is 43.8 Å². The Hall–Kier alpha value is -1.07. The molecule has 1 aromatic heterocycles. The zero-order chi connectivity index (χ0) is 16.2. The molecule has 2 heterocycles. The maximum Gasteiger partial charge on any atom is 0.317 e. The number of ether oxygens (including phenoxy) is 1. The van der Waals surface area contributed by atoms with Crippen LogP contribution in [0.1, 0.15) is 32.1 Å². The predicted octanol–water partition coefficient (Wildman–Crippen LogP) is 3.38. The van der Waals surface area contributed by atoms with E-state index < -0.39 is 0 Å². The van der Waals surface area contributed by atoms with Gasteiger partial charge in [-0.2, -0.15) is 0 Å². The van der Waals surface area contributed by atoms with Crippen molar-refractivity contribution in [2.24, 2.45) is 11.3 Å². The van der Waals surface area contributed by atoms with Crippen LogP contribution in [0.2, 0.25) is 0 Å². The summed E-state index contributed by atoms with van der Waals surface area (Å²) in [5, 5.41) is 5.14. The molecule has 0 radical (unpaired) electrons. The minimum Gasteiger partial charge on any atom is -0.377 e. The number of thiophene rings is 1. The van der Waals surface area contributed by atoms with Crippen molar-refractivity contribution in [2.75, 3.05) is 26.7 Å². The molecule has 0 bridgehead atoms. The Balaban J connectivity index is 1.74. The molecule has 1 fully saturated rings.